The number of alkyl halides is 4. The molecule has 2 aliphatic rings. The summed E-state index contributed by atoms with van der Waals surface area (Å²) in [7, 11) is 0. The zero-order chi connectivity index (χ0) is 32.9. The first-order valence-electron chi connectivity index (χ1n) is 15.7. The van der Waals surface area contributed by atoms with Crippen molar-refractivity contribution in [3.05, 3.63) is 63.3 Å². The molecule has 2 saturated heterocycles. The molecule has 46 heavy (non-hydrogen) atoms. The lowest BCUT2D eigenvalue weighted by Gasteiger charge is -2.45. The second kappa shape index (κ2) is 12.2. The van der Waals surface area contributed by atoms with Gasteiger partial charge in [-0.1, -0.05) is 37.6 Å². The number of hydrogen-bond donors (Lipinski definition) is 1. The van der Waals surface area contributed by atoms with Crippen molar-refractivity contribution in [1.29, 1.82) is 0 Å². The second-order valence-corrected chi connectivity index (χ2v) is 13.3. The first kappa shape index (κ1) is 32.3. The minimum Gasteiger partial charge on any atom is -0.450 e. The molecule has 4 aromatic rings. The third-order valence-corrected chi connectivity index (χ3v) is 9.95. The minimum absolute atomic E-state index is 0.0246. The van der Waals surface area contributed by atoms with E-state index < -0.39 is 41.8 Å². The summed E-state index contributed by atoms with van der Waals surface area (Å²) in [5, 5.41) is 0.954. The van der Waals surface area contributed by atoms with Gasteiger partial charge in [-0.2, -0.15) is 17.6 Å². The number of para-hydroxylation sites is 1. The molecule has 2 unspecified atom stereocenters. The molecule has 5 heterocycles. The van der Waals surface area contributed by atoms with E-state index >= 15 is 17.6 Å². The van der Waals surface area contributed by atoms with Gasteiger partial charge in [0.15, 0.2) is 11.4 Å². The Labute approximate surface area is 268 Å². The molecule has 0 spiro atoms. The van der Waals surface area contributed by atoms with Crippen LogP contribution in [0.25, 0.3) is 22.1 Å². The van der Waals surface area contributed by atoms with E-state index in [1.165, 1.54) is 6.20 Å². The number of unbranched alkanes of at least 4 members (excludes halogenated alkanes) is 1. The SMILES string of the molecule is CC1CN(C(=O)C(F)(F)CCCCC(F)(F)c2nc(N3CCCC3)c3oc4ccccc4c3n2)CCC1(C)c1cc(Cl)c[nH]c1=O. The maximum absolute atomic E-state index is 15.6. The summed E-state index contributed by atoms with van der Waals surface area (Å²) in [5.74, 6) is -9.19. The maximum atomic E-state index is 15.6. The van der Waals surface area contributed by atoms with Gasteiger partial charge in [0.05, 0.1) is 5.02 Å². The van der Waals surface area contributed by atoms with Crippen LogP contribution in [0.5, 0.6) is 0 Å². The number of rotatable bonds is 9. The van der Waals surface area contributed by atoms with Crippen molar-refractivity contribution >= 4 is 45.4 Å². The Kier molecular flexibility index (Phi) is 8.54. The van der Waals surface area contributed by atoms with Gasteiger partial charge < -0.3 is 19.2 Å². The van der Waals surface area contributed by atoms with Gasteiger partial charge >= 0.3 is 11.8 Å². The number of carbonyl (C=O) groups is 1. The Balaban J connectivity index is 1.11. The lowest BCUT2D eigenvalue weighted by molar-refractivity contribution is -0.161. The number of carbonyl (C=O) groups excluding carboxylic acids is 1. The molecule has 0 radical (unpaired) electrons. The number of anilines is 1. The fraction of sp³-hybridized carbons (Fsp3) is 0.515. The Morgan fingerprint density at radius 1 is 1.11 bits per heavy atom. The number of furan rings is 1. The Morgan fingerprint density at radius 2 is 1.83 bits per heavy atom. The zero-order valence-corrected chi connectivity index (χ0v) is 26.5. The van der Waals surface area contributed by atoms with Crippen molar-refractivity contribution in [2.75, 3.05) is 31.1 Å². The van der Waals surface area contributed by atoms with Gasteiger partial charge in [0.1, 0.15) is 11.1 Å². The average Bonchev–Trinajstić information content (AvgIpc) is 3.70. The van der Waals surface area contributed by atoms with Crippen LogP contribution in [-0.4, -0.2) is 57.9 Å². The summed E-state index contributed by atoms with van der Waals surface area (Å²) in [5.41, 5.74) is 0.642. The monoisotopic (exact) mass is 661 g/mol. The standard InChI is InChI=1S/C33H36ClF4N5O3/c1-20-19-43(16-13-31(20,2)23-17-21(34)18-39-28(23)44)30(45)33(37,38)12-6-5-11-32(35,36)29-40-25-22-9-3-4-10-24(22)46-26(25)27(41-29)42-14-7-8-15-42/h3-4,9-10,17-18,20H,5-8,11-16,19H2,1-2H3,(H,39,44). The summed E-state index contributed by atoms with van der Waals surface area (Å²) in [4.78, 5) is 39.5. The van der Waals surface area contributed by atoms with Gasteiger partial charge in [-0.3, -0.25) is 9.59 Å². The fourth-order valence-corrected chi connectivity index (χ4v) is 6.89. The molecule has 13 heteroatoms. The average molecular weight is 662 g/mol. The summed E-state index contributed by atoms with van der Waals surface area (Å²) < 4.78 is 67.4. The number of benzene rings is 1. The minimum atomic E-state index is -3.72. The van der Waals surface area contributed by atoms with E-state index in [0.717, 1.165) is 17.7 Å². The number of aromatic nitrogens is 3. The molecular formula is C33H36ClF4N5O3. The first-order chi connectivity index (χ1) is 21.8. The Hall–Kier alpha value is -3.67. The normalized spacial score (nSPS) is 21.1. The summed E-state index contributed by atoms with van der Waals surface area (Å²) in [6, 6.07) is 8.64. The molecule has 2 atom stereocenters. The van der Waals surface area contributed by atoms with Gasteiger partial charge in [-0.25, -0.2) is 9.97 Å². The van der Waals surface area contributed by atoms with Crippen LogP contribution in [0, 0.1) is 5.92 Å². The number of piperidine rings is 1. The van der Waals surface area contributed by atoms with Crippen molar-refractivity contribution in [2.45, 2.75) is 76.1 Å². The van der Waals surface area contributed by atoms with E-state index in [4.69, 9.17) is 16.0 Å². The number of amides is 1. The van der Waals surface area contributed by atoms with E-state index in [0.29, 0.717) is 58.0 Å². The van der Waals surface area contributed by atoms with Crippen molar-refractivity contribution in [3.8, 4) is 0 Å². The summed E-state index contributed by atoms with van der Waals surface area (Å²) in [6.07, 6.45) is 1.34. The van der Waals surface area contributed by atoms with Crippen LogP contribution in [0.3, 0.4) is 0 Å². The number of halogens is 5. The number of H-pyrrole nitrogens is 1. The zero-order valence-electron chi connectivity index (χ0n) is 25.7. The molecule has 2 fully saturated rings. The van der Waals surface area contributed by atoms with E-state index in [-0.39, 0.29) is 37.4 Å². The molecule has 246 valence electrons. The number of aromatic amines is 1. The highest BCUT2D eigenvalue weighted by Crippen LogP contribution is 2.41. The molecule has 0 saturated carbocycles. The van der Waals surface area contributed by atoms with Crippen LogP contribution in [0.4, 0.5) is 23.4 Å². The molecule has 0 aliphatic carbocycles. The van der Waals surface area contributed by atoms with Crippen LogP contribution in [0.1, 0.15) is 70.2 Å². The summed E-state index contributed by atoms with van der Waals surface area (Å²) >= 11 is 6.09. The van der Waals surface area contributed by atoms with Crippen molar-refractivity contribution < 1.29 is 26.8 Å². The van der Waals surface area contributed by atoms with Crippen LogP contribution in [-0.2, 0) is 16.1 Å². The van der Waals surface area contributed by atoms with Crippen LogP contribution in [0.2, 0.25) is 5.02 Å². The molecule has 1 N–H and O–H groups in total. The highest BCUT2D eigenvalue weighted by atomic mass is 35.5. The number of hydrogen-bond acceptors (Lipinski definition) is 6. The molecule has 3 aromatic heterocycles. The highest BCUT2D eigenvalue weighted by molar-refractivity contribution is 6.30. The topological polar surface area (TPSA) is 95.3 Å². The lowest BCUT2D eigenvalue weighted by Crippen LogP contribution is -2.54. The van der Waals surface area contributed by atoms with Crippen molar-refractivity contribution in [1.82, 2.24) is 19.9 Å². The van der Waals surface area contributed by atoms with Gasteiger partial charge in [-0.15, -0.1) is 0 Å². The molecule has 0 bridgehead atoms. The molecule has 1 aromatic carbocycles. The smallest absolute Gasteiger partial charge is 0.324 e. The fourth-order valence-electron chi connectivity index (χ4n) is 6.73. The molecular weight excluding hydrogens is 626 g/mol. The third-order valence-electron chi connectivity index (χ3n) is 9.73. The number of nitrogens with zero attached hydrogens (tertiary/aromatic N) is 4. The molecule has 8 nitrogen and oxygen atoms in total. The van der Waals surface area contributed by atoms with Gasteiger partial charge in [0.2, 0.25) is 5.82 Å². The van der Waals surface area contributed by atoms with Crippen molar-refractivity contribution in [3.63, 3.8) is 0 Å². The van der Waals surface area contributed by atoms with Crippen LogP contribution >= 0.6 is 11.6 Å². The van der Waals surface area contributed by atoms with Gasteiger partial charge in [-0.05, 0) is 56.2 Å². The number of pyridine rings is 1. The van der Waals surface area contributed by atoms with Crippen LogP contribution < -0.4 is 10.5 Å². The van der Waals surface area contributed by atoms with E-state index in [2.05, 4.69) is 15.0 Å². The first-order valence-corrected chi connectivity index (χ1v) is 16.1. The second-order valence-electron chi connectivity index (χ2n) is 12.8. The number of likely N-dealkylation sites (tertiary alicyclic amines) is 1. The van der Waals surface area contributed by atoms with Gasteiger partial charge in [0, 0.05) is 61.6 Å². The summed E-state index contributed by atoms with van der Waals surface area (Å²) in [6.45, 7) is 5.04. The number of nitrogens with one attached hydrogen (secondary N) is 1. The number of fused-ring (bicyclic) bond motifs is 3. The van der Waals surface area contributed by atoms with E-state index in [9.17, 15) is 9.59 Å². The van der Waals surface area contributed by atoms with E-state index in [1.807, 2.05) is 11.8 Å². The predicted molar refractivity (Wildman–Crippen MR) is 168 cm³/mol. The van der Waals surface area contributed by atoms with Gasteiger partial charge in [0.25, 0.3) is 11.5 Å². The Morgan fingerprint density at radius 3 is 2.57 bits per heavy atom. The Bertz CT molecular complexity index is 1820. The quantitative estimate of drug-likeness (QED) is 0.148. The third kappa shape index (κ3) is 5.96. The predicted octanol–water partition coefficient (Wildman–Crippen LogP) is 7.43. The highest BCUT2D eigenvalue weighted by Gasteiger charge is 2.47. The molecule has 1 amide bonds. The maximum Gasteiger partial charge on any atom is 0.324 e. The van der Waals surface area contributed by atoms with E-state index in [1.54, 1.807) is 37.3 Å². The van der Waals surface area contributed by atoms with Crippen LogP contribution in [0.15, 0.2) is 45.7 Å². The lowest BCUT2D eigenvalue weighted by atomic mass is 9.68. The van der Waals surface area contributed by atoms with Crippen molar-refractivity contribution in [2.24, 2.45) is 5.92 Å². The molecule has 6 rings (SSSR count). The molecule has 2 aliphatic heterocycles. The largest absolute Gasteiger partial charge is 0.450 e.